The van der Waals surface area contributed by atoms with Crippen molar-refractivity contribution in [3.05, 3.63) is 60.1 Å². The van der Waals surface area contributed by atoms with Gasteiger partial charge in [0.05, 0.1) is 5.56 Å². The van der Waals surface area contributed by atoms with Gasteiger partial charge in [-0.1, -0.05) is 30.3 Å². The fourth-order valence-corrected chi connectivity index (χ4v) is 2.06. The summed E-state index contributed by atoms with van der Waals surface area (Å²) in [5, 5.41) is 0. The number of aryl methyl sites for hydroxylation is 2. The van der Waals surface area contributed by atoms with Crippen LogP contribution < -0.4 is 0 Å². The lowest BCUT2D eigenvalue weighted by molar-refractivity contribution is 0.542. The monoisotopic (exact) mass is 250 g/mol. The average Bonchev–Trinajstić information content (AvgIpc) is 2.82. The van der Waals surface area contributed by atoms with Crippen LogP contribution in [0.5, 0.6) is 0 Å². The first-order valence-corrected chi connectivity index (χ1v) is 6.19. The number of benzene rings is 1. The first-order valence-electron chi connectivity index (χ1n) is 6.19. The first-order chi connectivity index (χ1) is 9.25. The maximum atomic E-state index is 5.78. The highest BCUT2D eigenvalue weighted by Crippen LogP contribution is 2.29. The summed E-state index contributed by atoms with van der Waals surface area (Å²) in [5.41, 5.74) is 4.00. The molecule has 0 bridgehead atoms. The summed E-state index contributed by atoms with van der Waals surface area (Å²) < 4.78 is 5.78. The number of hydrogen-bond donors (Lipinski definition) is 0. The molecular formula is C16H14N2O. The van der Waals surface area contributed by atoms with Gasteiger partial charge in [-0.3, -0.25) is 4.98 Å². The average molecular weight is 250 g/mol. The molecular weight excluding hydrogens is 236 g/mol. The lowest BCUT2D eigenvalue weighted by Gasteiger charge is -1.98. The van der Waals surface area contributed by atoms with E-state index >= 15 is 0 Å². The molecule has 0 spiro atoms. The molecule has 3 nitrogen and oxygen atoms in total. The van der Waals surface area contributed by atoms with Crippen molar-refractivity contribution in [2.45, 2.75) is 13.8 Å². The van der Waals surface area contributed by atoms with E-state index in [4.69, 9.17) is 4.42 Å². The summed E-state index contributed by atoms with van der Waals surface area (Å²) in [6.45, 7) is 3.96. The summed E-state index contributed by atoms with van der Waals surface area (Å²) in [4.78, 5) is 8.74. The van der Waals surface area contributed by atoms with E-state index in [1.807, 2.05) is 50.2 Å². The summed E-state index contributed by atoms with van der Waals surface area (Å²) in [6.07, 6.45) is 3.56. The molecule has 0 saturated carbocycles. The summed E-state index contributed by atoms with van der Waals surface area (Å²) in [6, 6.07) is 12.0. The molecule has 2 heterocycles. The van der Waals surface area contributed by atoms with Crippen LogP contribution in [0.2, 0.25) is 0 Å². The van der Waals surface area contributed by atoms with Gasteiger partial charge in [0.15, 0.2) is 0 Å². The molecule has 0 atom stereocenters. The van der Waals surface area contributed by atoms with Crippen LogP contribution >= 0.6 is 0 Å². The third-order valence-electron chi connectivity index (χ3n) is 3.11. The van der Waals surface area contributed by atoms with E-state index in [9.17, 15) is 0 Å². The largest absolute Gasteiger partial charge is 0.441 e. The maximum Gasteiger partial charge on any atom is 0.228 e. The lowest BCUT2D eigenvalue weighted by atomic mass is 10.1. The number of oxazole rings is 1. The molecule has 19 heavy (non-hydrogen) atoms. The van der Waals surface area contributed by atoms with Crippen molar-refractivity contribution in [1.29, 1.82) is 0 Å². The van der Waals surface area contributed by atoms with E-state index in [1.165, 1.54) is 0 Å². The molecule has 0 unspecified atom stereocenters. The van der Waals surface area contributed by atoms with Crippen molar-refractivity contribution in [2.24, 2.45) is 0 Å². The molecule has 3 heteroatoms. The lowest BCUT2D eigenvalue weighted by Crippen LogP contribution is -1.85. The van der Waals surface area contributed by atoms with E-state index in [0.717, 1.165) is 28.1 Å². The fraction of sp³-hybridized carbons (Fsp3) is 0.125. The Kier molecular flexibility index (Phi) is 2.88. The van der Waals surface area contributed by atoms with Crippen molar-refractivity contribution >= 4 is 0 Å². The molecule has 0 amide bonds. The van der Waals surface area contributed by atoms with Gasteiger partial charge in [0.2, 0.25) is 5.89 Å². The number of aromatic nitrogens is 2. The number of nitrogens with zero attached hydrogens (tertiary/aromatic N) is 2. The second kappa shape index (κ2) is 4.69. The van der Waals surface area contributed by atoms with Crippen LogP contribution in [0, 0.1) is 13.8 Å². The standard InChI is InChI=1S/C16H14N2O/c1-11-8-9-17-10-14(11)16-18-15(12(2)19-16)13-6-4-3-5-7-13/h3-10H,1-2H3. The minimum Gasteiger partial charge on any atom is -0.441 e. The molecule has 1 aromatic carbocycles. The van der Waals surface area contributed by atoms with Crippen molar-refractivity contribution in [2.75, 3.05) is 0 Å². The van der Waals surface area contributed by atoms with Crippen LogP contribution in [0.1, 0.15) is 11.3 Å². The predicted octanol–water partition coefficient (Wildman–Crippen LogP) is 4.02. The Labute approximate surface area is 112 Å². The highest BCUT2D eigenvalue weighted by molar-refractivity contribution is 5.66. The van der Waals surface area contributed by atoms with Crippen LogP contribution in [-0.2, 0) is 0 Å². The fourth-order valence-electron chi connectivity index (χ4n) is 2.06. The molecule has 3 aromatic rings. The molecule has 3 rings (SSSR count). The molecule has 94 valence electrons. The summed E-state index contributed by atoms with van der Waals surface area (Å²) in [7, 11) is 0. The third kappa shape index (κ3) is 2.15. The van der Waals surface area contributed by atoms with Gasteiger partial charge in [-0.05, 0) is 25.5 Å². The Hall–Kier alpha value is -2.42. The van der Waals surface area contributed by atoms with Gasteiger partial charge in [-0.15, -0.1) is 0 Å². The van der Waals surface area contributed by atoms with Crippen LogP contribution in [-0.4, -0.2) is 9.97 Å². The maximum absolute atomic E-state index is 5.78. The zero-order valence-electron chi connectivity index (χ0n) is 10.9. The van der Waals surface area contributed by atoms with E-state index in [0.29, 0.717) is 5.89 Å². The van der Waals surface area contributed by atoms with Crippen LogP contribution in [0.25, 0.3) is 22.7 Å². The van der Waals surface area contributed by atoms with Crippen molar-refractivity contribution in [3.63, 3.8) is 0 Å². The summed E-state index contributed by atoms with van der Waals surface area (Å²) >= 11 is 0. The van der Waals surface area contributed by atoms with Crippen LogP contribution in [0.15, 0.2) is 53.2 Å². The zero-order valence-corrected chi connectivity index (χ0v) is 10.9. The molecule has 0 aliphatic heterocycles. The van der Waals surface area contributed by atoms with Gasteiger partial charge in [0.1, 0.15) is 11.5 Å². The van der Waals surface area contributed by atoms with Crippen LogP contribution in [0.3, 0.4) is 0 Å². The van der Waals surface area contributed by atoms with Gasteiger partial charge >= 0.3 is 0 Å². The van der Waals surface area contributed by atoms with Crippen molar-refractivity contribution < 1.29 is 4.42 Å². The second-order valence-corrected chi connectivity index (χ2v) is 4.48. The highest BCUT2D eigenvalue weighted by Gasteiger charge is 2.14. The molecule has 0 N–H and O–H groups in total. The third-order valence-corrected chi connectivity index (χ3v) is 3.11. The van der Waals surface area contributed by atoms with Gasteiger partial charge < -0.3 is 4.42 Å². The van der Waals surface area contributed by atoms with E-state index in [1.54, 1.807) is 12.4 Å². The van der Waals surface area contributed by atoms with Crippen LogP contribution in [0.4, 0.5) is 0 Å². The molecule has 0 aliphatic carbocycles. The quantitative estimate of drug-likeness (QED) is 0.689. The zero-order chi connectivity index (χ0) is 13.2. The van der Waals surface area contributed by atoms with Gasteiger partial charge in [0, 0.05) is 18.0 Å². The van der Waals surface area contributed by atoms with E-state index in [-0.39, 0.29) is 0 Å². The van der Waals surface area contributed by atoms with Gasteiger partial charge in [0.25, 0.3) is 0 Å². The normalized spacial score (nSPS) is 10.6. The number of rotatable bonds is 2. The van der Waals surface area contributed by atoms with Crippen molar-refractivity contribution in [3.8, 4) is 22.7 Å². The minimum atomic E-state index is 0.627. The molecule has 0 saturated heterocycles. The smallest absolute Gasteiger partial charge is 0.228 e. The minimum absolute atomic E-state index is 0.627. The first kappa shape index (κ1) is 11.7. The predicted molar refractivity (Wildman–Crippen MR) is 74.6 cm³/mol. The van der Waals surface area contributed by atoms with E-state index < -0.39 is 0 Å². The summed E-state index contributed by atoms with van der Waals surface area (Å²) in [5.74, 6) is 1.45. The second-order valence-electron chi connectivity index (χ2n) is 4.48. The highest BCUT2D eigenvalue weighted by atomic mass is 16.4. The number of hydrogen-bond acceptors (Lipinski definition) is 3. The Morgan fingerprint density at radius 3 is 2.53 bits per heavy atom. The number of pyridine rings is 1. The molecule has 0 aliphatic rings. The Bertz CT molecular complexity index is 702. The molecule has 0 fully saturated rings. The SMILES string of the molecule is Cc1ccncc1-c1nc(-c2ccccc2)c(C)o1. The molecule has 0 radical (unpaired) electrons. The van der Waals surface area contributed by atoms with Crippen molar-refractivity contribution in [1.82, 2.24) is 9.97 Å². The Morgan fingerprint density at radius 1 is 1.00 bits per heavy atom. The van der Waals surface area contributed by atoms with Gasteiger partial charge in [-0.2, -0.15) is 0 Å². The van der Waals surface area contributed by atoms with Gasteiger partial charge in [-0.25, -0.2) is 4.98 Å². The van der Waals surface area contributed by atoms with E-state index in [2.05, 4.69) is 9.97 Å². The Morgan fingerprint density at radius 2 is 1.79 bits per heavy atom. The Balaban J connectivity index is 2.10. The topological polar surface area (TPSA) is 38.9 Å². The molecule has 2 aromatic heterocycles.